The van der Waals surface area contributed by atoms with Crippen molar-refractivity contribution in [1.29, 1.82) is 0 Å². The van der Waals surface area contributed by atoms with Gasteiger partial charge in [-0.05, 0) is 42.9 Å². The lowest BCUT2D eigenvalue weighted by Crippen LogP contribution is -2.41. The zero-order chi connectivity index (χ0) is 18.5. The lowest BCUT2D eigenvalue weighted by molar-refractivity contribution is 0.122. The molecule has 1 aromatic heterocycles. The number of urea groups is 1. The fraction of sp³-hybridized carbons (Fsp3) is 0.429. The first-order valence-corrected chi connectivity index (χ1v) is 9.69. The van der Waals surface area contributed by atoms with Crippen molar-refractivity contribution in [3.8, 4) is 0 Å². The summed E-state index contributed by atoms with van der Waals surface area (Å²) in [5.41, 5.74) is 2.00. The van der Waals surface area contributed by atoms with Crippen molar-refractivity contribution >= 4 is 17.5 Å². The van der Waals surface area contributed by atoms with Gasteiger partial charge in [-0.1, -0.05) is 30.3 Å². The van der Waals surface area contributed by atoms with Gasteiger partial charge in [-0.2, -0.15) is 0 Å². The van der Waals surface area contributed by atoms with Gasteiger partial charge in [0.1, 0.15) is 0 Å². The second-order valence-electron chi connectivity index (χ2n) is 7.21. The molecule has 2 N–H and O–H groups in total. The van der Waals surface area contributed by atoms with E-state index in [1.165, 1.54) is 18.4 Å². The number of rotatable bonds is 6. The number of pyridine rings is 1. The highest BCUT2D eigenvalue weighted by atomic mass is 16.5. The maximum atomic E-state index is 12.7. The molecular formula is C21H26N4O2. The number of nitrogens with zero attached hydrogens (tertiary/aromatic N) is 2. The quantitative estimate of drug-likeness (QED) is 0.825. The highest BCUT2D eigenvalue weighted by molar-refractivity contribution is 5.92. The van der Waals surface area contributed by atoms with E-state index in [0.717, 1.165) is 31.0 Å². The molecule has 1 atom stereocenters. The molecule has 1 aliphatic carbocycles. The zero-order valence-corrected chi connectivity index (χ0v) is 15.4. The SMILES string of the molecule is O=C(Nc1cccnc1N1CCOCC1)NC(Cc1ccccc1)C1CC1. The third kappa shape index (κ3) is 4.77. The Morgan fingerprint density at radius 2 is 1.93 bits per heavy atom. The maximum Gasteiger partial charge on any atom is 0.319 e. The lowest BCUT2D eigenvalue weighted by atomic mass is 10.0. The molecule has 1 saturated carbocycles. The first-order valence-electron chi connectivity index (χ1n) is 9.69. The van der Waals surface area contributed by atoms with Gasteiger partial charge < -0.3 is 20.3 Å². The smallest absolute Gasteiger partial charge is 0.319 e. The van der Waals surface area contributed by atoms with Crippen molar-refractivity contribution < 1.29 is 9.53 Å². The lowest BCUT2D eigenvalue weighted by Gasteiger charge is -2.29. The van der Waals surface area contributed by atoms with E-state index in [9.17, 15) is 4.79 Å². The van der Waals surface area contributed by atoms with Crippen molar-refractivity contribution in [3.05, 3.63) is 54.2 Å². The van der Waals surface area contributed by atoms with Gasteiger partial charge in [-0.3, -0.25) is 0 Å². The van der Waals surface area contributed by atoms with Crippen LogP contribution < -0.4 is 15.5 Å². The van der Waals surface area contributed by atoms with Gasteiger partial charge in [0, 0.05) is 25.3 Å². The Balaban J connectivity index is 1.41. The van der Waals surface area contributed by atoms with Gasteiger partial charge >= 0.3 is 6.03 Å². The Labute approximate surface area is 159 Å². The molecule has 142 valence electrons. The van der Waals surface area contributed by atoms with E-state index in [1.807, 2.05) is 30.3 Å². The van der Waals surface area contributed by atoms with E-state index in [2.05, 4.69) is 32.7 Å². The number of ether oxygens (including phenoxy) is 1. The summed E-state index contributed by atoms with van der Waals surface area (Å²) < 4.78 is 5.42. The second kappa shape index (κ2) is 8.39. The fourth-order valence-electron chi connectivity index (χ4n) is 3.55. The summed E-state index contributed by atoms with van der Waals surface area (Å²) in [6, 6.07) is 14.1. The number of benzene rings is 1. The molecule has 2 fully saturated rings. The number of nitrogens with one attached hydrogen (secondary N) is 2. The summed E-state index contributed by atoms with van der Waals surface area (Å²) in [4.78, 5) is 19.3. The molecule has 2 aliphatic rings. The average Bonchev–Trinajstić information content (AvgIpc) is 3.55. The highest BCUT2D eigenvalue weighted by Crippen LogP contribution is 2.34. The van der Waals surface area contributed by atoms with Crippen molar-refractivity contribution in [3.63, 3.8) is 0 Å². The van der Waals surface area contributed by atoms with E-state index in [1.54, 1.807) is 6.20 Å². The topological polar surface area (TPSA) is 66.5 Å². The van der Waals surface area contributed by atoms with Crippen LogP contribution >= 0.6 is 0 Å². The van der Waals surface area contributed by atoms with Gasteiger partial charge in [-0.25, -0.2) is 9.78 Å². The number of carbonyl (C=O) groups is 1. The molecule has 27 heavy (non-hydrogen) atoms. The Morgan fingerprint density at radius 3 is 2.67 bits per heavy atom. The van der Waals surface area contributed by atoms with E-state index in [4.69, 9.17) is 4.74 Å². The van der Waals surface area contributed by atoms with Crippen LogP contribution in [0, 0.1) is 5.92 Å². The van der Waals surface area contributed by atoms with Gasteiger partial charge in [0.25, 0.3) is 0 Å². The third-order valence-corrected chi connectivity index (χ3v) is 5.15. The Hall–Kier alpha value is -2.60. The molecule has 1 unspecified atom stereocenters. The summed E-state index contributed by atoms with van der Waals surface area (Å²) >= 11 is 0. The molecule has 6 nitrogen and oxygen atoms in total. The first-order chi connectivity index (χ1) is 13.3. The molecule has 1 saturated heterocycles. The Kier molecular flexibility index (Phi) is 5.53. The van der Waals surface area contributed by atoms with Crippen LogP contribution in [0.25, 0.3) is 0 Å². The minimum atomic E-state index is -0.162. The van der Waals surface area contributed by atoms with Crippen LogP contribution in [-0.4, -0.2) is 43.4 Å². The number of hydrogen-bond donors (Lipinski definition) is 2. The molecule has 2 amide bonds. The summed E-state index contributed by atoms with van der Waals surface area (Å²) in [5, 5.41) is 6.20. The number of amides is 2. The number of carbonyl (C=O) groups excluding carboxylic acids is 1. The summed E-state index contributed by atoms with van der Waals surface area (Å²) in [6.45, 7) is 2.93. The average molecular weight is 366 g/mol. The molecule has 0 spiro atoms. The number of aromatic nitrogens is 1. The van der Waals surface area contributed by atoms with Crippen molar-refractivity contribution in [1.82, 2.24) is 10.3 Å². The van der Waals surface area contributed by atoms with Gasteiger partial charge in [-0.15, -0.1) is 0 Å². The van der Waals surface area contributed by atoms with Crippen LogP contribution in [0.15, 0.2) is 48.7 Å². The van der Waals surface area contributed by atoms with E-state index < -0.39 is 0 Å². The molecule has 4 rings (SSSR count). The third-order valence-electron chi connectivity index (χ3n) is 5.15. The largest absolute Gasteiger partial charge is 0.378 e. The van der Waals surface area contributed by atoms with Crippen LogP contribution in [-0.2, 0) is 11.2 Å². The molecule has 2 heterocycles. The minimum Gasteiger partial charge on any atom is -0.378 e. The van der Waals surface area contributed by atoms with Crippen molar-refractivity contribution in [2.24, 2.45) is 5.92 Å². The minimum absolute atomic E-state index is 0.162. The molecule has 0 radical (unpaired) electrons. The number of morpholine rings is 1. The number of hydrogen-bond acceptors (Lipinski definition) is 4. The molecule has 1 aliphatic heterocycles. The molecule has 2 aromatic rings. The predicted octanol–water partition coefficient (Wildman–Crippen LogP) is 3.06. The van der Waals surface area contributed by atoms with Gasteiger partial charge in [0.05, 0.1) is 18.9 Å². The van der Waals surface area contributed by atoms with Crippen LogP contribution in [0.4, 0.5) is 16.3 Å². The Morgan fingerprint density at radius 1 is 1.15 bits per heavy atom. The monoisotopic (exact) mass is 366 g/mol. The van der Waals surface area contributed by atoms with Gasteiger partial charge in [0.2, 0.25) is 0 Å². The van der Waals surface area contributed by atoms with Crippen LogP contribution in [0.5, 0.6) is 0 Å². The molecular weight excluding hydrogens is 340 g/mol. The second-order valence-corrected chi connectivity index (χ2v) is 7.21. The van der Waals surface area contributed by atoms with E-state index in [-0.39, 0.29) is 12.1 Å². The Bertz CT molecular complexity index is 758. The highest BCUT2D eigenvalue weighted by Gasteiger charge is 2.32. The molecule has 6 heteroatoms. The van der Waals surface area contributed by atoms with Crippen LogP contribution in [0.2, 0.25) is 0 Å². The maximum absolute atomic E-state index is 12.7. The summed E-state index contributed by atoms with van der Waals surface area (Å²) in [5.74, 6) is 1.38. The first kappa shape index (κ1) is 17.8. The van der Waals surface area contributed by atoms with Crippen molar-refractivity contribution in [2.75, 3.05) is 36.5 Å². The summed E-state index contributed by atoms with van der Waals surface area (Å²) in [6.07, 6.45) is 4.99. The predicted molar refractivity (Wildman–Crippen MR) is 106 cm³/mol. The van der Waals surface area contributed by atoms with E-state index >= 15 is 0 Å². The van der Waals surface area contributed by atoms with Crippen molar-refractivity contribution in [2.45, 2.75) is 25.3 Å². The van der Waals surface area contributed by atoms with Crippen LogP contribution in [0.3, 0.4) is 0 Å². The molecule has 1 aromatic carbocycles. The number of anilines is 2. The van der Waals surface area contributed by atoms with Crippen LogP contribution in [0.1, 0.15) is 18.4 Å². The van der Waals surface area contributed by atoms with E-state index in [0.29, 0.717) is 19.1 Å². The fourth-order valence-corrected chi connectivity index (χ4v) is 3.55. The summed E-state index contributed by atoms with van der Waals surface area (Å²) in [7, 11) is 0. The molecule has 0 bridgehead atoms. The normalized spacial score (nSPS) is 18.0. The van der Waals surface area contributed by atoms with Gasteiger partial charge in [0.15, 0.2) is 5.82 Å². The zero-order valence-electron chi connectivity index (χ0n) is 15.4. The standard InChI is InChI=1S/C21H26N4O2/c26-21(24-19(17-8-9-17)15-16-5-2-1-3-6-16)23-18-7-4-10-22-20(18)25-11-13-27-14-12-25/h1-7,10,17,19H,8-9,11-15H2,(H2,23,24,26).